The molecule has 20 heavy (non-hydrogen) atoms. The molecule has 1 aliphatic heterocycles. The number of carbonyl (C=O) groups excluding carboxylic acids is 1. The molecular formula is C15H21N3O2. The zero-order valence-corrected chi connectivity index (χ0v) is 11.9. The third kappa shape index (κ3) is 2.49. The van der Waals surface area contributed by atoms with Crippen molar-refractivity contribution in [3.8, 4) is 0 Å². The Bertz CT molecular complexity index is 473. The van der Waals surface area contributed by atoms with Gasteiger partial charge in [-0.15, -0.1) is 0 Å². The third-order valence-corrected chi connectivity index (χ3v) is 4.57. The molecule has 1 saturated heterocycles. The molecule has 2 heterocycles. The number of rotatable bonds is 2. The highest BCUT2D eigenvalue weighted by atomic mass is 16.5. The largest absolute Gasteiger partial charge is 0.464 e. The lowest BCUT2D eigenvalue weighted by Crippen LogP contribution is -2.47. The summed E-state index contributed by atoms with van der Waals surface area (Å²) in [5, 5.41) is 0. The maximum Gasteiger partial charge on any atom is 0.358 e. The van der Waals surface area contributed by atoms with Crippen LogP contribution in [0.15, 0.2) is 12.4 Å². The predicted molar refractivity (Wildman–Crippen MR) is 75.7 cm³/mol. The van der Waals surface area contributed by atoms with E-state index < -0.39 is 5.97 Å². The van der Waals surface area contributed by atoms with Crippen LogP contribution < -0.4 is 4.90 Å². The van der Waals surface area contributed by atoms with Gasteiger partial charge in [0.1, 0.15) is 5.82 Å². The predicted octanol–water partition coefficient (Wildman–Crippen LogP) is 2.42. The maximum atomic E-state index is 11.4. The average molecular weight is 275 g/mol. The summed E-state index contributed by atoms with van der Waals surface area (Å²) in [6.07, 6.45) is 11.1. The van der Waals surface area contributed by atoms with Gasteiger partial charge in [0.15, 0.2) is 5.69 Å². The minimum absolute atomic E-state index is 0.272. The third-order valence-electron chi connectivity index (χ3n) is 4.57. The van der Waals surface area contributed by atoms with Crippen LogP contribution >= 0.6 is 0 Å². The minimum atomic E-state index is -0.432. The van der Waals surface area contributed by atoms with Crippen molar-refractivity contribution >= 4 is 11.8 Å². The van der Waals surface area contributed by atoms with Gasteiger partial charge in [-0.1, -0.05) is 12.8 Å². The van der Waals surface area contributed by atoms with Gasteiger partial charge in [-0.05, 0) is 31.6 Å². The molecule has 0 radical (unpaired) electrons. The number of anilines is 1. The Morgan fingerprint density at radius 3 is 2.75 bits per heavy atom. The number of esters is 1. The molecule has 5 nitrogen and oxygen atoms in total. The monoisotopic (exact) mass is 275 g/mol. The first-order valence-corrected chi connectivity index (χ1v) is 7.46. The van der Waals surface area contributed by atoms with Gasteiger partial charge in [0.25, 0.3) is 0 Å². The fraction of sp³-hybridized carbons (Fsp3) is 0.667. The van der Waals surface area contributed by atoms with E-state index in [-0.39, 0.29) is 5.69 Å². The summed E-state index contributed by atoms with van der Waals surface area (Å²) in [5.41, 5.74) is 0.272. The van der Waals surface area contributed by atoms with Crippen molar-refractivity contribution in [2.45, 2.75) is 44.6 Å². The molecule has 2 atom stereocenters. The lowest BCUT2D eigenvalue weighted by atomic mass is 9.78. The molecule has 2 aliphatic rings. The summed E-state index contributed by atoms with van der Waals surface area (Å²) in [7, 11) is 1.36. The van der Waals surface area contributed by atoms with Gasteiger partial charge in [-0.3, -0.25) is 0 Å². The molecule has 1 saturated carbocycles. The van der Waals surface area contributed by atoms with Crippen molar-refractivity contribution in [2.75, 3.05) is 18.6 Å². The van der Waals surface area contributed by atoms with E-state index in [0.29, 0.717) is 6.04 Å². The van der Waals surface area contributed by atoms with Crippen LogP contribution in [-0.2, 0) is 4.74 Å². The number of fused-ring (bicyclic) bond motifs is 1. The second kappa shape index (κ2) is 5.77. The zero-order chi connectivity index (χ0) is 13.9. The van der Waals surface area contributed by atoms with Gasteiger partial charge in [0.2, 0.25) is 0 Å². The molecule has 0 N–H and O–H groups in total. The molecule has 1 aliphatic carbocycles. The van der Waals surface area contributed by atoms with Gasteiger partial charge < -0.3 is 9.64 Å². The molecule has 0 amide bonds. The Morgan fingerprint density at radius 2 is 2.00 bits per heavy atom. The van der Waals surface area contributed by atoms with Crippen molar-refractivity contribution in [3.05, 3.63) is 18.1 Å². The molecule has 1 aromatic heterocycles. The van der Waals surface area contributed by atoms with Gasteiger partial charge in [-0.25, -0.2) is 14.8 Å². The smallest absolute Gasteiger partial charge is 0.358 e. The van der Waals surface area contributed by atoms with E-state index in [4.69, 9.17) is 0 Å². The van der Waals surface area contributed by atoms with Gasteiger partial charge >= 0.3 is 5.97 Å². The first kappa shape index (κ1) is 13.3. The molecule has 0 spiro atoms. The van der Waals surface area contributed by atoms with Crippen LogP contribution in [0.1, 0.15) is 49.0 Å². The van der Waals surface area contributed by atoms with Crippen LogP contribution in [0, 0.1) is 5.92 Å². The van der Waals surface area contributed by atoms with Crippen molar-refractivity contribution in [2.24, 2.45) is 5.92 Å². The van der Waals surface area contributed by atoms with Crippen LogP contribution in [0.3, 0.4) is 0 Å². The van der Waals surface area contributed by atoms with Crippen LogP contribution in [0.2, 0.25) is 0 Å². The molecule has 0 unspecified atom stereocenters. The summed E-state index contributed by atoms with van der Waals surface area (Å²) in [6.45, 7) is 1.05. The van der Waals surface area contributed by atoms with Gasteiger partial charge in [0.05, 0.1) is 19.5 Å². The van der Waals surface area contributed by atoms with Crippen molar-refractivity contribution < 1.29 is 9.53 Å². The van der Waals surface area contributed by atoms with Crippen molar-refractivity contribution in [1.29, 1.82) is 0 Å². The van der Waals surface area contributed by atoms with Crippen LogP contribution in [0.25, 0.3) is 0 Å². The van der Waals surface area contributed by atoms with Crippen molar-refractivity contribution in [3.63, 3.8) is 0 Å². The number of hydrogen-bond donors (Lipinski definition) is 0. The van der Waals surface area contributed by atoms with E-state index in [9.17, 15) is 4.79 Å². The lowest BCUT2D eigenvalue weighted by molar-refractivity contribution is 0.0593. The van der Waals surface area contributed by atoms with Gasteiger partial charge in [0, 0.05) is 12.6 Å². The van der Waals surface area contributed by atoms with E-state index in [1.807, 2.05) is 0 Å². The molecule has 1 aromatic rings. The summed E-state index contributed by atoms with van der Waals surface area (Å²) < 4.78 is 4.65. The normalized spacial score (nSPS) is 25.9. The highest BCUT2D eigenvalue weighted by molar-refractivity contribution is 5.86. The first-order chi connectivity index (χ1) is 9.79. The highest BCUT2D eigenvalue weighted by Crippen LogP contribution is 2.36. The average Bonchev–Trinajstić information content (AvgIpc) is 2.54. The Kier molecular flexibility index (Phi) is 3.85. The molecule has 2 fully saturated rings. The summed E-state index contributed by atoms with van der Waals surface area (Å²) in [4.78, 5) is 22.4. The van der Waals surface area contributed by atoms with E-state index in [0.717, 1.165) is 18.3 Å². The molecule has 0 bridgehead atoms. The first-order valence-electron chi connectivity index (χ1n) is 7.46. The number of hydrogen-bond acceptors (Lipinski definition) is 5. The van der Waals surface area contributed by atoms with Crippen LogP contribution in [0.5, 0.6) is 0 Å². The number of carbonyl (C=O) groups is 1. The second-order valence-corrected chi connectivity index (χ2v) is 5.70. The van der Waals surface area contributed by atoms with Crippen LogP contribution in [0.4, 0.5) is 5.82 Å². The van der Waals surface area contributed by atoms with Gasteiger partial charge in [-0.2, -0.15) is 0 Å². The summed E-state index contributed by atoms with van der Waals surface area (Å²) in [5.74, 6) is 1.27. The summed E-state index contributed by atoms with van der Waals surface area (Å²) in [6, 6.07) is 0.607. The number of piperidine rings is 1. The molecule has 0 aromatic carbocycles. The number of nitrogens with zero attached hydrogens (tertiary/aromatic N) is 3. The molecular weight excluding hydrogens is 254 g/mol. The molecule has 108 valence electrons. The van der Waals surface area contributed by atoms with E-state index in [2.05, 4.69) is 19.6 Å². The van der Waals surface area contributed by atoms with E-state index in [1.165, 1.54) is 51.8 Å². The Morgan fingerprint density at radius 1 is 1.20 bits per heavy atom. The second-order valence-electron chi connectivity index (χ2n) is 5.70. The molecule has 3 rings (SSSR count). The summed E-state index contributed by atoms with van der Waals surface area (Å²) >= 11 is 0. The van der Waals surface area contributed by atoms with Crippen molar-refractivity contribution in [1.82, 2.24) is 9.97 Å². The fourth-order valence-electron chi connectivity index (χ4n) is 3.59. The number of ether oxygens (including phenoxy) is 1. The number of methoxy groups -OCH3 is 1. The topological polar surface area (TPSA) is 55.3 Å². The van der Waals surface area contributed by atoms with E-state index in [1.54, 1.807) is 6.20 Å². The van der Waals surface area contributed by atoms with Crippen LogP contribution in [-0.4, -0.2) is 35.6 Å². The Balaban J connectivity index is 1.78. The number of aromatic nitrogens is 2. The standard InChI is InChI=1S/C15H21N3O2/c1-20-15(19)12-9-17-14(10-16-12)18-8-4-6-11-5-2-3-7-13(11)18/h9-11,13H,2-8H2,1H3/t11-,13-/m1/s1. The molecule has 5 heteroatoms. The lowest BCUT2D eigenvalue weighted by Gasteiger charge is -2.44. The van der Waals surface area contributed by atoms with E-state index >= 15 is 0 Å². The zero-order valence-electron chi connectivity index (χ0n) is 11.9. The highest BCUT2D eigenvalue weighted by Gasteiger charge is 2.33. The Hall–Kier alpha value is -1.65. The fourth-order valence-corrected chi connectivity index (χ4v) is 3.59. The Labute approximate surface area is 119 Å². The maximum absolute atomic E-state index is 11.4. The quantitative estimate of drug-likeness (QED) is 0.776. The SMILES string of the molecule is COC(=O)c1cnc(N2CCC[C@H]3CCCC[C@H]32)cn1. The minimum Gasteiger partial charge on any atom is -0.464 e.